The summed E-state index contributed by atoms with van der Waals surface area (Å²) in [5, 5.41) is 8.36. The Labute approximate surface area is 59.1 Å². The molecule has 2 N–H and O–H groups in total. The van der Waals surface area contributed by atoms with Gasteiger partial charge in [0.1, 0.15) is 11.5 Å². The lowest BCUT2D eigenvalue weighted by Crippen LogP contribution is -2.05. The number of rotatable bonds is 1. The molecule has 0 aromatic carbocycles. The third-order valence-electron chi connectivity index (χ3n) is 1.21. The SMILES string of the molecule is Cc1ccc(C(N)C#N)o1. The summed E-state index contributed by atoms with van der Waals surface area (Å²) in [6.45, 7) is 1.81. The molecular weight excluding hydrogens is 128 g/mol. The van der Waals surface area contributed by atoms with Gasteiger partial charge in [-0.1, -0.05) is 0 Å². The predicted octanol–water partition coefficient (Wildman–Crippen LogP) is 1.11. The van der Waals surface area contributed by atoms with Crippen LogP contribution in [0.15, 0.2) is 16.5 Å². The molecule has 0 fully saturated rings. The monoisotopic (exact) mass is 136 g/mol. The molecule has 1 aromatic heterocycles. The molecule has 0 saturated heterocycles. The van der Waals surface area contributed by atoms with Crippen molar-refractivity contribution in [3.8, 4) is 6.07 Å². The minimum Gasteiger partial charge on any atom is -0.464 e. The fourth-order valence-electron chi connectivity index (χ4n) is 0.684. The molecule has 0 radical (unpaired) electrons. The Hall–Kier alpha value is -1.27. The number of nitrogens with zero attached hydrogens (tertiary/aromatic N) is 1. The molecule has 1 rings (SSSR count). The van der Waals surface area contributed by atoms with Crippen LogP contribution in [0.4, 0.5) is 0 Å². The van der Waals surface area contributed by atoms with Gasteiger partial charge in [0.15, 0.2) is 6.04 Å². The number of nitriles is 1. The first-order chi connectivity index (χ1) is 4.74. The third-order valence-corrected chi connectivity index (χ3v) is 1.21. The predicted molar refractivity (Wildman–Crippen MR) is 36.0 cm³/mol. The number of furan rings is 1. The third kappa shape index (κ3) is 1.17. The zero-order chi connectivity index (χ0) is 7.56. The Morgan fingerprint density at radius 3 is 2.80 bits per heavy atom. The molecular formula is C7H8N2O. The van der Waals surface area contributed by atoms with Gasteiger partial charge in [-0.15, -0.1) is 0 Å². The standard InChI is InChI=1S/C7H8N2O/c1-5-2-3-7(10-5)6(9)4-8/h2-3,6H,9H2,1H3. The Morgan fingerprint density at radius 1 is 1.70 bits per heavy atom. The highest BCUT2D eigenvalue weighted by Crippen LogP contribution is 2.12. The van der Waals surface area contributed by atoms with E-state index < -0.39 is 6.04 Å². The molecule has 1 heterocycles. The second-order valence-electron chi connectivity index (χ2n) is 2.06. The highest BCUT2D eigenvalue weighted by Gasteiger charge is 2.06. The first-order valence-corrected chi connectivity index (χ1v) is 2.95. The summed E-state index contributed by atoms with van der Waals surface area (Å²) < 4.78 is 5.09. The van der Waals surface area contributed by atoms with E-state index in [1.807, 2.05) is 13.0 Å². The highest BCUT2D eigenvalue weighted by atomic mass is 16.3. The maximum Gasteiger partial charge on any atom is 0.151 e. The Morgan fingerprint density at radius 2 is 2.40 bits per heavy atom. The van der Waals surface area contributed by atoms with Crippen molar-refractivity contribution in [2.24, 2.45) is 5.73 Å². The summed E-state index contributed by atoms with van der Waals surface area (Å²) >= 11 is 0. The number of hydrogen-bond acceptors (Lipinski definition) is 3. The van der Waals surface area contributed by atoms with Crippen LogP contribution in [-0.2, 0) is 0 Å². The van der Waals surface area contributed by atoms with E-state index in [-0.39, 0.29) is 0 Å². The highest BCUT2D eigenvalue weighted by molar-refractivity contribution is 5.14. The van der Waals surface area contributed by atoms with Gasteiger partial charge in [-0.3, -0.25) is 0 Å². The summed E-state index contributed by atoms with van der Waals surface area (Å²) in [5.74, 6) is 1.31. The topological polar surface area (TPSA) is 63.0 Å². The molecule has 0 saturated carbocycles. The Kier molecular flexibility index (Phi) is 1.74. The van der Waals surface area contributed by atoms with Gasteiger partial charge in [0.25, 0.3) is 0 Å². The van der Waals surface area contributed by atoms with Crippen LogP contribution in [0.25, 0.3) is 0 Å². The van der Waals surface area contributed by atoms with E-state index in [0.717, 1.165) is 5.76 Å². The van der Waals surface area contributed by atoms with Crippen molar-refractivity contribution in [1.82, 2.24) is 0 Å². The summed E-state index contributed by atoms with van der Waals surface area (Å²) in [5.41, 5.74) is 5.35. The summed E-state index contributed by atoms with van der Waals surface area (Å²) in [7, 11) is 0. The van der Waals surface area contributed by atoms with Crippen molar-refractivity contribution in [2.45, 2.75) is 13.0 Å². The maximum absolute atomic E-state index is 8.36. The van der Waals surface area contributed by atoms with E-state index in [4.69, 9.17) is 15.4 Å². The second kappa shape index (κ2) is 2.54. The van der Waals surface area contributed by atoms with Crippen LogP contribution in [0.5, 0.6) is 0 Å². The maximum atomic E-state index is 8.36. The quantitative estimate of drug-likeness (QED) is 0.629. The molecule has 3 nitrogen and oxygen atoms in total. The normalized spacial score (nSPS) is 12.5. The fourth-order valence-corrected chi connectivity index (χ4v) is 0.684. The van der Waals surface area contributed by atoms with Gasteiger partial charge in [-0.25, -0.2) is 0 Å². The van der Waals surface area contributed by atoms with Crippen molar-refractivity contribution in [1.29, 1.82) is 5.26 Å². The van der Waals surface area contributed by atoms with Crippen LogP contribution in [0.2, 0.25) is 0 Å². The molecule has 0 spiro atoms. The minimum absolute atomic E-state index is 0.528. The van der Waals surface area contributed by atoms with Crippen LogP contribution < -0.4 is 5.73 Å². The molecule has 0 amide bonds. The van der Waals surface area contributed by atoms with E-state index in [1.54, 1.807) is 12.1 Å². The summed E-state index contributed by atoms with van der Waals surface area (Å²) in [6, 6.07) is 4.74. The van der Waals surface area contributed by atoms with Crippen LogP contribution in [0, 0.1) is 18.3 Å². The molecule has 0 aliphatic rings. The number of hydrogen-bond donors (Lipinski definition) is 1. The summed E-state index contributed by atoms with van der Waals surface area (Å²) in [4.78, 5) is 0. The molecule has 0 bridgehead atoms. The lowest BCUT2D eigenvalue weighted by molar-refractivity contribution is 0.472. The van der Waals surface area contributed by atoms with Crippen molar-refractivity contribution in [2.75, 3.05) is 0 Å². The molecule has 0 aliphatic heterocycles. The summed E-state index contributed by atoms with van der Waals surface area (Å²) in [6.07, 6.45) is 0. The largest absolute Gasteiger partial charge is 0.464 e. The number of aryl methyl sites for hydroxylation is 1. The Balaban J connectivity index is 2.87. The van der Waals surface area contributed by atoms with Gasteiger partial charge in [-0.05, 0) is 19.1 Å². The molecule has 10 heavy (non-hydrogen) atoms. The van der Waals surface area contributed by atoms with Gasteiger partial charge in [0.2, 0.25) is 0 Å². The number of nitrogens with two attached hydrogens (primary N) is 1. The van der Waals surface area contributed by atoms with Crippen LogP contribution >= 0.6 is 0 Å². The van der Waals surface area contributed by atoms with E-state index in [9.17, 15) is 0 Å². The van der Waals surface area contributed by atoms with E-state index in [2.05, 4.69) is 0 Å². The average Bonchev–Trinajstić information content (AvgIpc) is 2.34. The zero-order valence-corrected chi connectivity index (χ0v) is 5.66. The van der Waals surface area contributed by atoms with Gasteiger partial charge in [0, 0.05) is 0 Å². The minimum atomic E-state index is -0.631. The van der Waals surface area contributed by atoms with Gasteiger partial charge >= 0.3 is 0 Å². The molecule has 52 valence electrons. The van der Waals surface area contributed by atoms with Gasteiger partial charge in [0.05, 0.1) is 6.07 Å². The average molecular weight is 136 g/mol. The second-order valence-corrected chi connectivity index (χ2v) is 2.06. The van der Waals surface area contributed by atoms with Gasteiger partial charge in [-0.2, -0.15) is 5.26 Å². The van der Waals surface area contributed by atoms with Crippen LogP contribution in [0.1, 0.15) is 17.6 Å². The smallest absolute Gasteiger partial charge is 0.151 e. The van der Waals surface area contributed by atoms with Crippen molar-refractivity contribution >= 4 is 0 Å². The first-order valence-electron chi connectivity index (χ1n) is 2.95. The van der Waals surface area contributed by atoms with E-state index >= 15 is 0 Å². The molecule has 1 atom stereocenters. The van der Waals surface area contributed by atoms with Crippen molar-refractivity contribution < 1.29 is 4.42 Å². The van der Waals surface area contributed by atoms with Crippen molar-refractivity contribution in [3.05, 3.63) is 23.7 Å². The van der Waals surface area contributed by atoms with Crippen LogP contribution in [-0.4, -0.2) is 0 Å². The van der Waals surface area contributed by atoms with E-state index in [0.29, 0.717) is 5.76 Å². The molecule has 1 unspecified atom stereocenters. The molecule has 3 heteroatoms. The lowest BCUT2D eigenvalue weighted by atomic mass is 10.3. The molecule has 1 aromatic rings. The van der Waals surface area contributed by atoms with Gasteiger partial charge < -0.3 is 10.2 Å². The fraction of sp³-hybridized carbons (Fsp3) is 0.286. The van der Waals surface area contributed by atoms with Crippen molar-refractivity contribution in [3.63, 3.8) is 0 Å². The lowest BCUT2D eigenvalue weighted by Gasteiger charge is -1.93. The van der Waals surface area contributed by atoms with E-state index in [1.165, 1.54) is 0 Å². The molecule has 0 aliphatic carbocycles. The Bertz CT molecular complexity index is 259. The first kappa shape index (κ1) is 6.84. The zero-order valence-electron chi connectivity index (χ0n) is 5.66. The van der Waals surface area contributed by atoms with Crippen LogP contribution in [0.3, 0.4) is 0 Å².